The van der Waals surface area contributed by atoms with E-state index in [9.17, 15) is 0 Å². The van der Waals surface area contributed by atoms with Gasteiger partial charge in [-0.05, 0) is 36.1 Å². The van der Waals surface area contributed by atoms with Crippen molar-refractivity contribution in [2.75, 3.05) is 0 Å². The van der Waals surface area contributed by atoms with Crippen LogP contribution >= 0.6 is 0 Å². The maximum Gasteiger partial charge on any atom is 0.0287 e. The lowest BCUT2D eigenvalue weighted by Gasteiger charge is -2.16. The van der Waals surface area contributed by atoms with Gasteiger partial charge >= 0.3 is 0 Å². The summed E-state index contributed by atoms with van der Waals surface area (Å²) in [5.74, 6) is 5.59. The van der Waals surface area contributed by atoms with Gasteiger partial charge in [-0.25, -0.2) is 0 Å². The summed E-state index contributed by atoms with van der Waals surface area (Å²) in [5.41, 5.74) is 5.32. The van der Waals surface area contributed by atoms with Crippen LogP contribution in [0.5, 0.6) is 0 Å². The predicted octanol–water partition coefficient (Wildman–Crippen LogP) is 3.18. The monoisotopic (exact) mass is 240 g/mol. The van der Waals surface area contributed by atoms with Crippen molar-refractivity contribution >= 4 is 10.8 Å². The van der Waals surface area contributed by atoms with Crippen molar-refractivity contribution in [1.29, 1.82) is 0 Å². The number of benzene rings is 2. The average molecular weight is 240 g/mol. The Kier molecular flexibility index (Phi) is 4.13. The van der Waals surface area contributed by atoms with E-state index >= 15 is 0 Å². The molecule has 2 aromatic rings. The predicted molar refractivity (Wildman–Crippen MR) is 78.2 cm³/mol. The minimum atomic E-state index is 0.253. The highest BCUT2D eigenvalue weighted by atomic mass is 15.2. The highest BCUT2D eigenvalue weighted by molar-refractivity contribution is 5.82. The maximum absolute atomic E-state index is 5.59. The SMILES string of the molecule is C=C(C)CC(Cc1ccc2ccccc2c1)NN. The number of hydrazine groups is 1. The Morgan fingerprint density at radius 2 is 1.94 bits per heavy atom. The molecule has 0 radical (unpaired) electrons. The van der Waals surface area contributed by atoms with Crippen molar-refractivity contribution in [2.24, 2.45) is 5.84 Å². The molecule has 2 rings (SSSR count). The van der Waals surface area contributed by atoms with Crippen molar-refractivity contribution in [3.05, 3.63) is 60.2 Å². The molecule has 0 aromatic heterocycles. The topological polar surface area (TPSA) is 38.0 Å². The van der Waals surface area contributed by atoms with Crippen LogP contribution in [-0.2, 0) is 6.42 Å². The van der Waals surface area contributed by atoms with E-state index in [1.54, 1.807) is 0 Å². The summed E-state index contributed by atoms with van der Waals surface area (Å²) in [5, 5.41) is 2.56. The zero-order chi connectivity index (χ0) is 13.0. The number of hydrogen-bond donors (Lipinski definition) is 2. The summed E-state index contributed by atoms with van der Waals surface area (Å²) in [7, 11) is 0. The molecule has 0 fully saturated rings. The minimum Gasteiger partial charge on any atom is -0.271 e. The molecule has 94 valence electrons. The second-order valence-corrected chi connectivity index (χ2v) is 4.91. The van der Waals surface area contributed by atoms with Gasteiger partial charge in [0.25, 0.3) is 0 Å². The van der Waals surface area contributed by atoms with Gasteiger partial charge in [0.15, 0.2) is 0 Å². The minimum absolute atomic E-state index is 0.253. The third-order valence-electron chi connectivity index (χ3n) is 3.13. The first kappa shape index (κ1) is 12.8. The van der Waals surface area contributed by atoms with Crippen molar-refractivity contribution < 1.29 is 0 Å². The molecular formula is C16H20N2. The van der Waals surface area contributed by atoms with E-state index in [1.807, 2.05) is 6.92 Å². The summed E-state index contributed by atoms with van der Waals surface area (Å²) < 4.78 is 0. The van der Waals surface area contributed by atoms with Gasteiger partial charge in [-0.3, -0.25) is 11.3 Å². The standard InChI is InChI=1S/C16H20N2/c1-12(2)9-16(18-17)11-13-7-8-14-5-3-4-6-15(14)10-13/h3-8,10,16,18H,1,9,11,17H2,2H3. The fraction of sp³-hybridized carbons (Fsp3) is 0.250. The third kappa shape index (κ3) is 3.19. The molecule has 0 aliphatic heterocycles. The lowest BCUT2D eigenvalue weighted by Crippen LogP contribution is -2.36. The zero-order valence-corrected chi connectivity index (χ0v) is 10.8. The van der Waals surface area contributed by atoms with Gasteiger partial charge in [0.2, 0.25) is 0 Å². The Labute approximate surface area is 108 Å². The molecule has 18 heavy (non-hydrogen) atoms. The smallest absolute Gasteiger partial charge is 0.0287 e. The van der Waals surface area contributed by atoms with Crippen LogP contribution in [0.3, 0.4) is 0 Å². The summed E-state index contributed by atoms with van der Waals surface area (Å²) in [4.78, 5) is 0. The number of rotatable bonds is 5. The van der Waals surface area contributed by atoms with Crippen LogP contribution in [0.25, 0.3) is 10.8 Å². The van der Waals surface area contributed by atoms with Crippen LogP contribution in [0.2, 0.25) is 0 Å². The molecule has 2 heteroatoms. The van der Waals surface area contributed by atoms with Gasteiger partial charge in [0.1, 0.15) is 0 Å². The molecule has 0 heterocycles. The number of nitrogens with one attached hydrogen (secondary N) is 1. The highest BCUT2D eigenvalue weighted by Crippen LogP contribution is 2.17. The largest absolute Gasteiger partial charge is 0.271 e. The highest BCUT2D eigenvalue weighted by Gasteiger charge is 2.08. The van der Waals surface area contributed by atoms with E-state index in [0.717, 1.165) is 18.4 Å². The maximum atomic E-state index is 5.59. The Bertz CT molecular complexity index is 546. The van der Waals surface area contributed by atoms with Gasteiger partial charge in [0, 0.05) is 6.04 Å². The molecule has 0 aliphatic rings. The lowest BCUT2D eigenvalue weighted by molar-refractivity contribution is 0.521. The summed E-state index contributed by atoms with van der Waals surface area (Å²) in [6.07, 6.45) is 1.83. The van der Waals surface area contributed by atoms with E-state index in [0.29, 0.717) is 0 Å². The zero-order valence-electron chi connectivity index (χ0n) is 10.8. The van der Waals surface area contributed by atoms with Gasteiger partial charge in [0.05, 0.1) is 0 Å². The quantitative estimate of drug-likeness (QED) is 0.478. The average Bonchev–Trinajstić information content (AvgIpc) is 2.37. The molecule has 0 amide bonds. The van der Waals surface area contributed by atoms with E-state index < -0.39 is 0 Å². The molecule has 1 atom stereocenters. The number of nitrogens with two attached hydrogens (primary N) is 1. The van der Waals surface area contributed by atoms with E-state index in [2.05, 4.69) is 54.5 Å². The Morgan fingerprint density at radius 1 is 1.22 bits per heavy atom. The normalized spacial score (nSPS) is 12.6. The van der Waals surface area contributed by atoms with Crippen LogP contribution in [-0.4, -0.2) is 6.04 Å². The van der Waals surface area contributed by atoms with Crippen molar-refractivity contribution in [3.63, 3.8) is 0 Å². The van der Waals surface area contributed by atoms with Crippen LogP contribution in [0.1, 0.15) is 18.9 Å². The van der Waals surface area contributed by atoms with Gasteiger partial charge in [-0.2, -0.15) is 0 Å². The van der Waals surface area contributed by atoms with Crippen molar-refractivity contribution in [1.82, 2.24) is 5.43 Å². The number of hydrogen-bond acceptors (Lipinski definition) is 2. The second kappa shape index (κ2) is 5.80. The molecule has 1 unspecified atom stereocenters. The Balaban J connectivity index is 2.17. The lowest BCUT2D eigenvalue weighted by atomic mass is 9.98. The van der Waals surface area contributed by atoms with Gasteiger partial charge < -0.3 is 0 Å². The second-order valence-electron chi connectivity index (χ2n) is 4.91. The molecule has 0 spiro atoms. The molecular weight excluding hydrogens is 220 g/mol. The van der Waals surface area contributed by atoms with E-state index in [-0.39, 0.29) is 6.04 Å². The molecule has 2 nitrogen and oxygen atoms in total. The fourth-order valence-corrected chi connectivity index (χ4v) is 2.26. The first-order chi connectivity index (χ1) is 8.69. The van der Waals surface area contributed by atoms with E-state index in [1.165, 1.54) is 16.3 Å². The third-order valence-corrected chi connectivity index (χ3v) is 3.13. The Morgan fingerprint density at radius 3 is 2.61 bits per heavy atom. The van der Waals surface area contributed by atoms with Crippen molar-refractivity contribution in [3.8, 4) is 0 Å². The summed E-state index contributed by atoms with van der Waals surface area (Å²) >= 11 is 0. The van der Waals surface area contributed by atoms with Crippen LogP contribution in [0.15, 0.2) is 54.6 Å². The van der Waals surface area contributed by atoms with Crippen LogP contribution < -0.4 is 11.3 Å². The number of fused-ring (bicyclic) bond motifs is 1. The van der Waals surface area contributed by atoms with E-state index in [4.69, 9.17) is 5.84 Å². The van der Waals surface area contributed by atoms with Gasteiger partial charge in [-0.1, -0.05) is 48.0 Å². The molecule has 0 saturated heterocycles. The van der Waals surface area contributed by atoms with Crippen LogP contribution in [0.4, 0.5) is 0 Å². The molecule has 3 N–H and O–H groups in total. The van der Waals surface area contributed by atoms with Gasteiger partial charge in [-0.15, -0.1) is 6.58 Å². The van der Waals surface area contributed by atoms with Crippen LogP contribution in [0, 0.1) is 0 Å². The summed E-state index contributed by atoms with van der Waals surface area (Å²) in [6, 6.07) is 15.2. The summed E-state index contributed by atoms with van der Waals surface area (Å²) in [6.45, 7) is 5.97. The first-order valence-electron chi connectivity index (χ1n) is 6.27. The Hall–Kier alpha value is -1.64. The molecule has 0 bridgehead atoms. The molecule has 0 aliphatic carbocycles. The fourth-order valence-electron chi connectivity index (χ4n) is 2.26. The van der Waals surface area contributed by atoms with Crippen molar-refractivity contribution in [2.45, 2.75) is 25.8 Å². The molecule has 0 saturated carbocycles. The first-order valence-corrected chi connectivity index (χ1v) is 6.27. The molecule has 2 aromatic carbocycles.